The Morgan fingerprint density at radius 1 is 1.17 bits per heavy atom. The third kappa shape index (κ3) is 3.41. The number of carbonyl (C=O) groups is 1. The molecule has 2 rings (SSSR count). The molecule has 1 heterocycles. The zero-order valence-electron chi connectivity index (χ0n) is 14.6. The van der Waals surface area contributed by atoms with Crippen molar-refractivity contribution in [2.45, 2.75) is 40.7 Å². The van der Waals surface area contributed by atoms with E-state index in [1.54, 1.807) is 7.11 Å². The molecule has 2 aromatic rings. The van der Waals surface area contributed by atoms with Crippen LogP contribution in [0.1, 0.15) is 42.0 Å². The lowest BCUT2D eigenvalue weighted by atomic mass is 10.00. The van der Waals surface area contributed by atoms with Gasteiger partial charge in [-0.3, -0.25) is 4.79 Å². The normalized spacial score (nSPS) is 11.0. The molecule has 0 saturated carbocycles. The fraction of sp³-hybridized carbons (Fsp3) is 0.421. The van der Waals surface area contributed by atoms with Gasteiger partial charge in [0, 0.05) is 23.5 Å². The standard InChI is InChI=1S/C19H26N2O2/c1-12(2)10-11-21-13(3)17(18(14(21)4)19(20)22)15-6-8-16(23-5)9-7-15/h6-9,12H,10-11H2,1-5H3,(H2,20,22). The summed E-state index contributed by atoms with van der Waals surface area (Å²) < 4.78 is 7.42. The van der Waals surface area contributed by atoms with Gasteiger partial charge in [-0.2, -0.15) is 0 Å². The summed E-state index contributed by atoms with van der Waals surface area (Å²) in [6.45, 7) is 9.33. The highest BCUT2D eigenvalue weighted by molar-refractivity contribution is 6.02. The average molecular weight is 314 g/mol. The Morgan fingerprint density at radius 2 is 1.78 bits per heavy atom. The van der Waals surface area contributed by atoms with Gasteiger partial charge in [0.1, 0.15) is 5.75 Å². The summed E-state index contributed by atoms with van der Waals surface area (Å²) in [6, 6.07) is 7.75. The minimum Gasteiger partial charge on any atom is -0.497 e. The van der Waals surface area contributed by atoms with Crippen molar-refractivity contribution in [3.05, 3.63) is 41.2 Å². The van der Waals surface area contributed by atoms with Crippen LogP contribution in [0.2, 0.25) is 0 Å². The molecule has 4 heteroatoms. The van der Waals surface area contributed by atoms with E-state index in [0.717, 1.165) is 41.2 Å². The molecule has 0 fully saturated rings. The van der Waals surface area contributed by atoms with E-state index in [0.29, 0.717) is 11.5 Å². The maximum Gasteiger partial charge on any atom is 0.251 e. The summed E-state index contributed by atoms with van der Waals surface area (Å²) >= 11 is 0. The molecule has 0 unspecified atom stereocenters. The van der Waals surface area contributed by atoms with E-state index in [9.17, 15) is 4.79 Å². The number of nitrogens with two attached hydrogens (primary N) is 1. The van der Waals surface area contributed by atoms with Crippen LogP contribution in [0.15, 0.2) is 24.3 Å². The van der Waals surface area contributed by atoms with Gasteiger partial charge in [0.2, 0.25) is 0 Å². The van der Waals surface area contributed by atoms with Gasteiger partial charge in [-0.05, 0) is 43.9 Å². The van der Waals surface area contributed by atoms with Crippen molar-refractivity contribution in [1.82, 2.24) is 4.57 Å². The lowest BCUT2D eigenvalue weighted by Gasteiger charge is -2.11. The molecule has 0 saturated heterocycles. The van der Waals surface area contributed by atoms with Gasteiger partial charge in [0.25, 0.3) is 5.91 Å². The van der Waals surface area contributed by atoms with Crippen LogP contribution in [0, 0.1) is 19.8 Å². The van der Waals surface area contributed by atoms with Crippen LogP contribution in [-0.2, 0) is 6.54 Å². The summed E-state index contributed by atoms with van der Waals surface area (Å²) in [5.41, 5.74) is 10.2. The van der Waals surface area contributed by atoms with E-state index in [1.165, 1.54) is 0 Å². The van der Waals surface area contributed by atoms with Gasteiger partial charge in [-0.25, -0.2) is 0 Å². The third-order valence-corrected chi connectivity index (χ3v) is 4.34. The van der Waals surface area contributed by atoms with Crippen molar-refractivity contribution in [3.63, 3.8) is 0 Å². The van der Waals surface area contributed by atoms with Crippen molar-refractivity contribution in [3.8, 4) is 16.9 Å². The predicted molar refractivity (Wildman–Crippen MR) is 93.9 cm³/mol. The molecule has 23 heavy (non-hydrogen) atoms. The number of benzene rings is 1. The van der Waals surface area contributed by atoms with Gasteiger partial charge in [0.15, 0.2) is 0 Å². The molecule has 0 aliphatic rings. The van der Waals surface area contributed by atoms with Crippen LogP contribution in [0.3, 0.4) is 0 Å². The van der Waals surface area contributed by atoms with Crippen molar-refractivity contribution in [2.24, 2.45) is 11.7 Å². The van der Waals surface area contributed by atoms with E-state index >= 15 is 0 Å². The molecule has 2 N–H and O–H groups in total. The van der Waals surface area contributed by atoms with Gasteiger partial charge in [0.05, 0.1) is 12.7 Å². The quantitative estimate of drug-likeness (QED) is 0.878. The first-order valence-electron chi connectivity index (χ1n) is 8.00. The van der Waals surface area contributed by atoms with E-state index in [1.807, 2.05) is 31.2 Å². The molecule has 0 aliphatic heterocycles. The topological polar surface area (TPSA) is 57.2 Å². The molecule has 1 aromatic carbocycles. The minimum absolute atomic E-state index is 0.375. The van der Waals surface area contributed by atoms with Crippen LogP contribution >= 0.6 is 0 Å². The van der Waals surface area contributed by atoms with Gasteiger partial charge in [-0.15, -0.1) is 0 Å². The minimum atomic E-state index is -0.375. The van der Waals surface area contributed by atoms with E-state index in [2.05, 4.69) is 25.3 Å². The van der Waals surface area contributed by atoms with Crippen LogP contribution in [0.5, 0.6) is 5.75 Å². The number of primary amides is 1. The first-order valence-corrected chi connectivity index (χ1v) is 8.00. The van der Waals surface area contributed by atoms with Crippen molar-refractivity contribution < 1.29 is 9.53 Å². The van der Waals surface area contributed by atoms with Crippen LogP contribution in [-0.4, -0.2) is 17.6 Å². The first-order chi connectivity index (χ1) is 10.9. The number of hydrogen-bond donors (Lipinski definition) is 1. The number of carbonyl (C=O) groups excluding carboxylic acids is 1. The SMILES string of the molecule is COc1ccc(-c2c(C(N)=O)c(C)n(CCC(C)C)c2C)cc1. The molecule has 1 aromatic heterocycles. The molecule has 0 aliphatic carbocycles. The second kappa shape index (κ2) is 6.90. The summed E-state index contributed by atoms with van der Waals surface area (Å²) in [7, 11) is 1.64. The molecule has 0 radical (unpaired) electrons. The predicted octanol–water partition coefficient (Wildman–Crippen LogP) is 3.93. The molecule has 0 spiro atoms. The highest BCUT2D eigenvalue weighted by atomic mass is 16.5. The van der Waals surface area contributed by atoms with Crippen LogP contribution < -0.4 is 10.5 Å². The zero-order valence-corrected chi connectivity index (χ0v) is 14.6. The number of hydrogen-bond acceptors (Lipinski definition) is 2. The second-order valence-corrected chi connectivity index (χ2v) is 6.35. The molecule has 1 amide bonds. The van der Waals surface area contributed by atoms with Crippen LogP contribution in [0.25, 0.3) is 11.1 Å². The highest BCUT2D eigenvalue weighted by Gasteiger charge is 2.22. The number of rotatable bonds is 6. The van der Waals surface area contributed by atoms with E-state index in [-0.39, 0.29) is 5.91 Å². The van der Waals surface area contributed by atoms with Crippen LogP contribution in [0.4, 0.5) is 0 Å². The van der Waals surface area contributed by atoms with Crippen molar-refractivity contribution >= 4 is 5.91 Å². The highest BCUT2D eigenvalue weighted by Crippen LogP contribution is 2.33. The molecular weight excluding hydrogens is 288 g/mol. The number of amides is 1. The van der Waals surface area contributed by atoms with Gasteiger partial charge < -0.3 is 15.0 Å². The monoisotopic (exact) mass is 314 g/mol. The van der Waals surface area contributed by atoms with Crippen molar-refractivity contribution in [1.29, 1.82) is 0 Å². The van der Waals surface area contributed by atoms with Gasteiger partial charge >= 0.3 is 0 Å². The number of ether oxygens (including phenoxy) is 1. The molecular formula is C19H26N2O2. The Morgan fingerprint density at radius 3 is 2.26 bits per heavy atom. The summed E-state index contributed by atoms with van der Waals surface area (Å²) in [4.78, 5) is 12.0. The Labute approximate surface area is 138 Å². The number of methoxy groups -OCH3 is 1. The Balaban J connectivity index is 2.56. The van der Waals surface area contributed by atoms with E-state index in [4.69, 9.17) is 10.5 Å². The molecule has 0 bridgehead atoms. The van der Waals surface area contributed by atoms with Crippen molar-refractivity contribution in [2.75, 3.05) is 7.11 Å². The molecule has 124 valence electrons. The first kappa shape index (κ1) is 17.1. The fourth-order valence-electron chi connectivity index (χ4n) is 3.02. The largest absolute Gasteiger partial charge is 0.497 e. The lowest BCUT2D eigenvalue weighted by Crippen LogP contribution is -2.13. The van der Waals surface area contributed by atoms with Gasteiger partial charge in [-0.1, -0.05) is 26.0 Å². The smallest absolute Gasteiger partial charge is 0.251 e. The summed E-state index contributed by atoms with van der Waals surface area (Å²) in [5, 5.41) is 0. The lowest BCUT2D eigenvalue weighted by molar-refractivity contribution is 0.1000. The Hall–Kier alpha value is -2.23. The maximum atomic E-state index is 12.0. The van der Waals surface area contributed by atoms with E-state index < -0.39 is 0 Å². The third-order valence-electron chi connectivity index (χ3n) is 4.34. The Bertz CT molecular complexity index is 697. The average Bonchev–Trinajstić information content (AvgIpc) is 2.76. The Kier molecular flexibility index (Phi) is 5.14. The molecule has 0 atom stereocenters. The maximum absolute atomic E-state index is 12.0. The molecule has 4 nitrogen and oxygen atoms in total. The summed E-state index contributed by atoms with van der Waals surface area (Å²) in [6.07, 6.45) is 1.07. The fourth-order valence-corrected chi connectivity index (χ4v) is 3.02. The zero-order chi connectivity index (χ0) is 17.1. The second-order valence-electron chi connectivity index (χ2n) is 6.35. The number of aromatic nitrogens is 1. The number of nitrogens with zero attached hydrogens (tertiary/aromatic N) is 1. The summed E-state index contributed by atoms with van der Waals surface area (Å²) in [5.74, 6) is 1.03.